The number of benzene rings is 3. The van der Waals surface area contributed by atoms with Gasteiger partial charge in [0.1, 0.15) is 0 Å². The van der Waals surface area contributed by atoms with Crippen molar-refractivity contribution in [2.45, 2.75) is 13.1 Å². The van der Waals surface area contributed by atoms with Gasteiger partial charge in [0.05, 0.1) is 23.9 Å². The van der Waals surface area contributed by atoms with Crippen LogP contribution in [0.15, 0.2) is 91.1 Å². The van der Waals surface area contributed by atoms with E-state index in [4.69, 9.17) is 10.4 Å². The molecule has 4 rings (SSSR count). The van der Waals surface area contributed by atoms with E-state index in [1.165, 1.54) is 0 Å². The van der Waals surface area contributed by atoms with Gasteiger partial charge in [0.2, 0.25) is 0 Å². The smallest absolute Gasteiger partial charge is 0.251 e. The number of carbonyl (C=O) groups is 1. The van der Waals surface area contributed by atoms with E-state index < -0.39 is 0 Å². The lowest BCUT2D eigenvalue weighted by Gasteiger charge is -2.06. The Morgan fingerprint density at radius 1 is 0.933 bits per heavy atom. The van der Waals surface area contributed by atoms with Gasteiger partial charge in [-0.15, -0.1) is 0 Å². The zero-order valence-electron chi connectivity index (χ0n) is 16.3. The summed E-state index contributed by atoms with van der Waals surface area (Å²) in [6, 6.07) is 28.7. The van der Waals surface area contributed by atoms with Crippen molar-refractivity contribution in [2.75, 3.05) is 0 Å². The van der Waals surface area contributed by atoms with Gasteiger partial charge >= 0.3 is 0 Å². The van der Waals surface area contributed by atoms with Gasteiger partial charge < -0.3 is 5.32 Å². The van der Waals surface area contributed by atoms with Crippen molar-refractivity contribution in [2.24, 2.45) is 0 Å². The second-order valence-corrected chi connectivity index (χ2v) is 6.92. The third-order valence-corrected chi connectivity index (χ3v) is 4.79. The second kappa shape index (κ2) is 8.89. The Kier molecular flexibility index (Phi) is 5.68. The third-order valence-electron chi connectivity index (χ3n) is 4.79. The van der Waals surface area contributed by atoms with E-state index in [1.807, 2.05) is 59.4 Å². The zero-order valence-corrected chi connectivity index (χ0v) is 16.3. The van der Waals surface area contributed by atoms with Crippen LogP contribution in [0.3, 0.4) is 0 Å². The maximum Gasteiger partial charge on any atom is 0.251 e. The normalized spacial score (nSPS) is 10.4. The van der Waals surface area contributed by atoms with Crippen molar-refractivity contribution >= 4 is 5.91 Å². The number of hydrogen-bond donors (Lipinski definition) is 1. The van der Waals surface area contributed by atoms with Crippen molar-refractivity contribution in [1.82, 2.24) is 15.1 Å². The number of nitrogens with zero attached hydrogens (tertiary/aromatic N) is 3. The predicted molar refractivity (Wildman–Crippen MR) is 116 cm³/mol. The molecule has 1 N–H and O–H groups in total. The number of nitrogens with one attached hydrogen (secondary N) is 1. The maximum atomic E-state index is 12.5. The molecule has 1 amide bonds. The monoisotopic (exact) mass is 392 g/mol. The predicted octanol–water partition coefficient (Wildman–Crippen LogP) is 4.40. The molecule has 0 aliphatic heterocycles. The largest absolute Gasteiger partial charge is 0.348 e. The zero-order chi connectivity index (χ0) is 20.8. The Bertz CT molecular complexity index is 1170. The molecule has 146 valence electrons. The van der Waals surface area contributed by atoms with Gasteiger partial charge in [0.25, 0.3) is 5.91 Å². The Morgan fingerprint density at radius 2 is 1.60 bits per heavy atom. The Hall–Kier alpha value is -4.17. The van der Waals surface area contributed by atoms with Crippen LogP contribution in [0.25, 0.3) is 11.3 Å². The Labute approximate surface area is 175 Å². The van der Waals surface area contributed by atoms with Crippen LogP contribution in [0, 0.1) is 11.3 Å². The van der Waals surface area contributed by atoms with E-state index >= 15 is 0 Å². The molecule has 1 aromatic heterocycles. The van der Waals surface area contributed by atoms with Crippen LogP contribution in [-0.2, 0) is 13.1 Å². The molecule has 4 aromatic rings. The minimum Gasteiger partial charge on any atom is -0.348 e. The highest BCUT2D eigenvalue weighted by molar-refractivity contribution is 5.94. The molecule has 0 atom stereocenters. The third kappa shape index (κ3) is 4.45. The molecule has 0 saturated carbocycles. The molecule has 0 unspecified atom stereocenters. The summed E-state index contributed by atoms with van der Waals surface area (Å²) < 4.78 is 1.90. The SMILES string of the molecule is N#Cc1ccc(C(=O)NCc2cn(Cc3ccccc3)nc2-c2ccccc2)cc1. The first kappa shape index (κ1) is 19.2. The van der Waals surface area contributed by atoms with E-state index in [-0.39, 0.29) is 5.91 Å². The van der Waals surface area contributed by atoms with Crippen molar-refractivity contribution in [3.63, 3.8) is 0 Å². The van der Waals surface area contributed by atoms with Gasteiger partial charge in [-0.05, 0) is 29.8 Å². The van der Waals surface area contributed by atoms with Crippen LogP contribution >= 0.6 is 0 Å². The van der Waals surface area contributed by atoms with E-state index in [0.29, 0.717) is 24.2 Å². The summed E-state index contributed by atoms with van der Waals surface area (Å²) >= 11 is 0. The first-order chi connectivity index (χ1) is 14.7. The highest BCUT2D eigenvalue weighted by Crippen LogP contribution is 2.22. The molecule has 0 spiro atoms. The topological polar surface area (TPSA) is 70.7 Å². The number of nitriles is 1. The van der Waals surface area contributed by atoms with Crippen LogP contribution in [0.5, 0.6) is 0 Å². The molecule has 0 saturated heterocycles. The fourth-order valence-electron chi connectivity index (χ4n) is 3.26. The van der Waals surface area contributed by atoms with E-state index in [0.717, 1.165) is 22.4 Å². The second-order valence-electron chi connectivity index (χ2n) is 6.92. The van der Waals surface area contributed by atoms with Crippen molar-refractivity contribution in [1.29, 1.82) is 5.26 Å². The molecule has 30 heavy (non-hydrogen) atoms. The maximum absolute atomic E-state index is 12.5. The lowest BCUT2D eigenvalue weighted by atomic mass is 10.1. The van der Waals surface area contributed by atoms with Crippen molar-refractivity contribution in [3.8, 4) is 17.3 Å². The fourth-order valence-corrected chi connectivity index (χ4v) is 3.26. The lowest BCUT2D eigenvalue weighted by molar-refractivity contribution is 0.0951. The number of carbonyl (C=O) groups excluding carboxylic acids is 1. The highest BCUT2D eigenvalue weighted by atomic mass is 16.1. The fraction of sp³-hybridized carbons (Fsp3) is 0.0800. The van der Waals surface area contributed by atoms with Gasteiger partial charge in [-0.3, -0.25) is 9.48 Å². The molecule has 5 nitrogen and oxygen atoms in total. The average Bonchev–Trinajstić information content (AvgIpc) is 3.21. The van der Waals surface area contributed by atoms with Gasteiger partial charge in [0, 0.05) is 29.4 Å². The van der Waals surface area contributed by atoms with Crippen molar-refractivity contribution in [3.05, 3.63) is 113 Å². The summed E-state index contributed by atoms with van der Waals surface area (Å²) in [5.74, 6) is -0.186. The van der Waals surface area contributed by atoms with E-state index in [1.54, 1.807) is 24.3 Å². The minimum absolute atomic E-state index is 0.186. The Balaban J connectivity index is 1.56. The average molecular weight is 392 g/mol. The van der Waals surface area contributed by atoms with Gasteiger partial charge in [-0.1, -0.05) is 60.7 Å². The van der Waals surface area contributed by atoms with Crippen molar-refractivity contribution < 1.29 is 4.79 Å². The molecular weight excluding hydrogens is 372 g/mol. The number of hydrogen-bond acceptors (Lipinski definition) is 3. The Morgan fingerprint density at radius 3 is 2.27 bits per heavy atom. The van der Waals surface area contributed by atoms with Crippen LogP contribution in [0.1, 0.15) is 27.0 Å². The summed E-state index contributed by atoms with van der Waals surface area (Å²) in [4.78, 5) is 12.5. The molecule has 0 aliphatic carbocycles. The summed E-state index contributed by atoms with van der Waals surface area (Å²) in [5.41, 5.74) is 5.01. The molecule has 5 heteroatoms. The summed E-state index contributed by atoms with van der Waals surface area (Å²) in [6.45, 7) is 1.02. The molecule has 0 aliphatic rings. The van der Waals surface area contributed by atoms with Crippen LogP contribution in [-0.4, -0.2) is 15.7 Å². The van der Waals surface area contributed by atoms with E-state index in [9.17, 15) is 4.79 Å². The minimum atomic E-state index is -0.186. The van der Waals surface area contributed by atoms with Gasteiger partial charge in [-0.2, -0.15) is 10.4 Å². The lowest BCUT2D eigenvalue weighted by Crippen LogP contribution is -2.22. The van der Waals surface area contributed by atoms with Crippen LogP contribution in [0.4, 0.5) is 0 Å². The first-order valence-electron chi connectivity index (χ1n) is 9.67. The molecule has 3 aromatic carbocycles. The molecule has 0 bridgehead atoms. The number of rotatable bonds is 6. The first-order valence-corrected chi connectivity index (χ1v) is 9.67. The highest BCUT2D eigenvalue weighted by Gasteiger charge is 2.13. The molecular formula is C25H20N4O. The molecule has 0 radical (unpaired) electrons. The van der Waals surface area contributed by atoms with Crippen LogP contribution in [0.2, 0.25) is 0 Å². The summed E-state index contributed by atoms with van der Waals surface area (Å²) in [5, 5.41) is 16.6. The number of amides is 1. The summed E-state index contributed by atoms with van der Waals surface area (Å²) in [7, 11) is 0. The quantitative estimate of drug-likeness (QED) is 0.529. The van der Waals surface area contributed by atoms with Gasteiger partial charge in [-0.25, -0.2) is 0 Å². The van der Waals surface area contributed by atoms with Crippen LogP contribution < -0.4 is 5.32 Å². The molecule has 1 heterocycles. The van der Waals surface area contributed by atoms with E-state index in [2.05, 4.69) is 23.5 Å². The van der Waals surface area contributed by atoms with Gasteiger partial charge in [0.15, 0.2) is 0 Å². The summed E-state index contributed by atoms with van der Waals surface area (Å²) in [6.07, 6.45) is 1.98. The molecule has 0 fully saturated rings. The standard InChI is InChI=1S/C25H20N4O/c26-15-19-11-13-22(14-12-19)25(30)27-16-23-18-29(17-20-7-3-1-4-8-20)28-24(23)21-9-5-2-6-10-21/h1-14,18H,16-17H2,(H,27,30). The number of aromatic nitrogens is 2.